The molecule has 1 aromatic rings. The molecule has 2 unspecified atom stereocenters. The Bertz CT molecular complexity index is 470. The lowest BCUT2D eigenvalue weighted by molar-refractivity contribution is -0.121. The van der Waals surface area contributed by atoms with Gasteiger partial charge in [-0.15, -0.1) is 0 Å². The maximum Gasteiger partial charge on any atom is 0.220 e. The zero-order valence-corrected chi connectivity index (χ0v) is 13.3. The second kappa shape index (κ2) is 7.63. The van der Waals surface area contributed by atoms with Crippen LogP contribution in [0.15, 0.2) is 30.3 Å². The Hall–Kier alpha value is -1.55. The Morgan fingerprint density at radius 1 is 1.23 bits per heavy atom. The highest BCUT2D eigenvalue weighted by atomic mass is 16.1. The second-order valence-electron chi connectivity index (χ2n) is 6.64. The molecule has 120 valence electrons. The minimum atomic E-state index is 0.227. The van der Waals surface area contributed by atoms with Crippen molar-refractivity contribution in [3.8, 4) is 0 Å². The predicted octanol–water partition coefficient (Wildman–Crippen LogP) is 2.02. The largest absolute Gasteiger partial charge is 0.371 e. The monoisotopic (exact) mass is 301 g/mol. The van der Waals surface area contributed by atoms with Crippen LogP contribution < -0.4 is 15.5 Å². The number of benzene rings is 1. The van der Waals surface area contributed by atoms with Gasteiger partial charge in [0.25, 0.3) is 0 Å². The number of hydrogen-bond donors (Lipinski definition) is 2. The molecule has 3 rings (SSSR count). The quantitative estimate of drug-likeness (QED) is 0.845. The molecule has 2 saturated heterocycles. The summed E-state index contributed by atoms with van der Waals surface area (Å²) in [5, 5.41) is 6.49. The lowest BCUT2D eigenvalue weighted by Crippen LogP contribution is -2.31. The molecule has 0 saturated carbocycles. The number of carbonyl (C=O) groups is 1. The van der Waals surface area contributed by atoms with Crippen LogP contribution in [0.3, 0.4) is 0 Å². The van der Waals surface area contributed by atoms with Crippen LogP contribution >= 0.6 is 0 Å². The number of nitrogens with one attached hydrogen (secondary N) is 2. The van der Waals surface area contributed by atoms with E-state index in [1.165, 1.54) is 18.5 Å². The third-order valence-electron chi connectivity index (χ3n) is 4.94. The summed E-state index contributed by atoms with van der Waals surface area (Å²) in [6, 6.07) is 10.6. The Kier molecular flexibility index (Phi) is 5.33. The van der Waals surface area contributed by atoms with E-state index in [1.54, 1.807) is 0 Å². The van der Waals surface area contributed by atoms with Crippen molar-refractivity contribution in [1.29, 1.82) is 0 Å². The summed E-state index contributed by atoms with van der Waals surface area (Å²) in [4.78, 5) is 14.4. The molecule has 2 N–H and O–H groups in total. The summed E-state index contributed by atoms with van der Waals surface area (Å²) in [5.41, 5.74) is 1.30. The molecule has 0 radical (unpaired) electrons. The van der Waals surface area contributed by atoms with Crippen LogP contribution in [0.5, 0.6) is 0 Å². The SMILES string of the molecule is O=C(CCC1CCNC1)NCC1CCN(c2ccccc2)C1. The molecular weight excluding hydrogens is 274 g/mol. The summed E-state index contributed by atoms with van der Waals surface area (Å²) in [6.45, 7) is 5.17. The molecule has 2 aliphatic heterocycles. The van der Waals surface area contributed by atoms with Gasteiger partial charge in [-0.1, -0.05) is 18.2 Å². The van der Waals surface area contributed by atoms with E-state index in [0.29, 0.717) is 18.3 Å². The van der Waals surface area contributed by atoms with Crippen molar-refractivity contribution in [3.05, 3.63) is 30.3 Å². The number of hydrogen-bond acceptors (Lipinski definition) is 3. The molecular formula is C18H27N3O. The lowest BCUT2D eigenvalue weighted by atomic mass is 10.0. The van der Waals surface area contributed by atoms with E-state index in [-0.39, 0.29) is 5.91 Å². The van der Waals surface area contributed by atoms with Gasteiger partial charge in [0, 0.05) is 31.7 Å². The van der Waals surface area contributed by atoms with Gasteiger partial charge in [0.1, 0.15) is 0 Å². The third-order valence-corrected chi connectivity index (χ3v) is 4.94. The number of carbonyl (C=O) groups excluding carboxylic acids is 1. The summed E-state index contributed by atoms with van der Waals surface area (Å²) in [5.74, 6) is 1.51. The first kappa shape index (κ1) is 15.3. The van der Waals surface area contributed by atoms with Crippen LogP contribution in [0.25, 0.3) is 0 Å². The van der Waals surface area contributed by atoms with Crippen molar-refractivity contribution in [3.63, 3.8) is 0 Å². The van der Waals surface area contributed by atoms with Crippen molar-refractivity contribution < 1.29 is 4.79 Å². The van der Waals surface area contributed by atoms with Gasteiger partial charge < -0.3 is 15.5 Å². The van der Waals surface area contributed by atoms with Crippen LogP contribution in [0, 0.1) is 11.8 Å². The molecule has 0 bridgehead atoms. The standard InChI is InChI=1S/C18H27N3O/c22-18(7-6-15-8-10-19-12-15)20-13-16-9-11-21(14-16)17-4-2-1-3-5-17/h1-5,15-16,19H,6-14H2,(H,20,22). The molecule has 2 heterocycles. The van der Waals surface area contributed by atoms with Gasteiger partial charge in [0.2, 0.25) is 5.91 Å². The van der Waals surface area contributed by atoms with E-state index in [2.05, 4.69) is 45.9 Å². The fourth-order valence-corrected chi connectivity index (χ4v) is 3.52. The van der Waals surface area contributed by atoms with Gasteiger partial charge in [-0.2, -0.15) is 0 Å². The van der Waals surface area contributed by atoms with Crippen LogP contribution in [0.2, 0.25) is 0 Å². The zero-order chi connectivity index (χ0) is 15.2. The minimum absolute atomic E-state index is 0.227. The molecule has 0 aromatic heterocycles. The Balaban J connectivity index is 1.35. The molecule has 2 aliphatic rings. The summed E-state index contributed by atoms with van der Waals surface area (Å²) in [7, 11) is 0. The van der Waals surface area contributed by atoms with Crippen molar-refractivity contribution >= 4 is 11.6 Å². The first-order chi connectivity index (χ1) is 10.8. The first-order valence-electron chi connectivity index (χ1n) is 8.58. The fraction of sp³-hybridized carbons (Fsp3) is 0.611. The van der Waals surface area contributed by atoms with E-state index < -0.39 is 0 Å². The van der Waals surface area contributed by atoms with Crippen LogP contribution in [-0.2, 0) is 4.79 Å². The van der Waals surface area contributed by atoms with Gasteiger partial charge in [0.15, 0.2) is 0 Å². The van der Waals surface area contributed by atoms with Gasteiger partial charge in [0.05, 0.1) is 0 Å². The minimum Gasteiger partial charge on any atom is -0.371 e. The van der Waals surface area contributed by atoms with Gasteiger partial charge >= 0.3 is 0 Å². The molecule has 4 heteroatoms. The van der Waals surface area contributed by atoms with Crippen LogP contribution in [0.1, 0.15) is 25.7 Å². The highest BCUT2D eigenvalue weighted by Crippen LogP contribution is 2.23. The molecule has 0 spiro atoms. The number of amides is 1. The van der Waals surface area contributed by atoms with Crippen LogP contribution in [-0.4, -0.2) is 38.6 Å². The first-order valence-corrected chi connectivity index (χ1v) is 8.58. The van der Waals surface area contributed by atoms with Crippen molar-refractivity contribution in [2.45, 2.75) is 25.7 Å². The number of nitrogens with zero attached hydrogens (tertiary/aromatic N) is 1. The Morgan fingerprint density at radius 2 is 2.09 bits per heavy atom. The van der Waals surface area contributed by atoms with Gasteiger partial charge in [-0.3, -0.25) is 4.79 Å². The van der Waals surface area contributed by atoms with Crippen molar-refractivity contribution in [2.75, 3.05) is 37.6 Å². The third kappa shape index (κ3) is 4.23. The van der Waals surface area contributed by atoms with Crippen molar-refractivity contribution in [1.82, 2.24) is 10.6 Å². The fourth-order valence-electron chi connectivity index (χ4n) is 3.52. The van der Waals surface area contributed by atoms with Gasteiger partial charge in [-0.25, -0.2) is 0 Å². The highest BCUT2D eigenvalue weighted by molar-refractivity contribution is 5.75. The van der Waals surface area contributed by atoms with Gasteiger partial charge in [-0.05, 0) is 56.3 Å². The summed E-state index contributed by atoms with van der Waals surface area (Å²) < 4.78 is 0. The summed E-state index contributed by atoms with van der Waals surface area (Å²) >= 11 is 0. The molecule has 1 amide bonds. The van der Waals surface area contributed by atoms with E-state index in [0.717, 1.165) is 39.1 Å². The highest BCUT2D eigenvalue weighted by Gasteiger charge is 2.23. The molecule has 1 aromatic carbocycles. The van der Waals surface area contributed by atoms with Crippen LogP contribution in [0.4, 0.5) is 5.69 Å². The number of para-hydroxylation sites is 1. The number of anilines is 1. The molecule has 2 fully saturated rings. The Labute approximate surface area is 133 Å². The summed E-state index contributed by atoms with van der Waals surface area (Å²) in [6.07, 6.45) is 4.10. The van der Waals surface area contributed by atoms with E-state index >= 15 is 0 Å². The predicted molar refractivity (Wildman–Crippen MR) is 90.0 cm³/mol. The maximum absolute atomic E-state index is 12.0. The zero-order valence-electron chi connectivity index (χ0n) is 13.3. The maximum atomic E-state index is 12.0. The normalized spacial score (nSPS) is 24.6. The Morgan fingerprint density at radius 3 is 2.86 bits per heavy atom. The smallest absolute Gasteiger partial charge is 0.220 e. The van der Waals surface area contributed by atoms with E-state index in [9.17, 15) is 4.79 Å². The van der Waals surface area contributed by atoms with Crippen molar-refractivity contribution in [2.24, 2.45) is 11.8 Å². The topological polar surface area (TPSA) is 44.4 Å². The molecule has 22 heavy (non-hydrogen) atoms. The molecule has 2 atom stereocenters. The van der Waals surface area contributed by atoms with E-state index in [1.807, 2.05) is 0 Å². The van der Waals surface area contributed by atoms with E-state index in [4.69, 9.17) is 0 Å². The molecule has 4 nitrogen and oxygen atoms in total. The lowest BCUT2D eigenvalue weighted by Gasteiger charge is -2.18. The average molecular weight is 301 g/mol. The second-order valence-corrected chi connectivity index (χ2v) is 6.64. The average Bonchev–Trinajstić information content (AvgIpc) is 3.23. The number of rotatable bonds is 6. The molecule has 0 aliphatic carbocycles.